The molecule has 1 aliphatic heterocycles. The number of halogens is 1. The summed E-state index contributed by atoms with van der Waals surface area (Å²) in [6.07, 6.45) is 1.78. The van der Waals surface area contributed by atoms with Gasteiger partial charge in [0.1, 0.15) is 17.3 Å². The smallest absolute Gasteiger partial charge is 0.263 e. The highest BCUT2D eigenvalue weighted by molar-refractivity contribution is 7.92. The quantitative estimate of drug-likeness (QED) is 0.672. The topological polar surface area (TPSA) is 111 Å². The highest BCUT2D eigenvalue weighted by Gasteiger charge is 2.32. The summed E-state index contributed by atoms with van der Waals surface area (Å²) in [4.78, 5) is -0.125. The monoisotopic (exact) mass is 425 g/mol. The molecule has 4 rings (SSSR count). The molecule has 1 unspecified atom stereocenters. The van der Waals surface area contributed by atoms with E-state index in [9.17, 15) is 21.2 Å². The van der Waals surface area contributed by atoms with Gasteiger partial charge in [0.2, 0.25) is 0 Å². The van der Waals surface area contributed by atoms with Crippen molar-refractivity contribution in [3.8, 4) is 11.5 Å². The molecule has 11 heteroatoms. The van der Waals surface area contributed by atoms with Gasteiger partial charge < -0.3 is 4.42 Å². The zero-order valence-electron chi connectivity index (χ0n) is 14.4. The van der Waals surface area contributed by atoms with E-state index in [1.807, 2.05) is 0 Å². The molecule has 1 fully saturated rings. The fourth-order valence-corrected chi connectivity index (χ4v) is 5.80. The predicted molar refractivity (Wildman–Crippen MR) is 99.4 cm³/mol. The van der Waals surface area contributed by atoms with E-state index in [1.165, 1.54) is 17.0 Å². The van der Waals surface area contributed by atoms with Crippen LogP contribution in [-0.4, -0.2) is 38.1 Å². The number of rotatable bonds is 5. The Bertz CT molecular complexity index is 1200. The summed E-state index contributed by atoms with van der Waals surface area (Å²) in [7, 11) is -7.23. The molecule has 3 heterocycles. The maximum absolute atomic E-state index is 13.1. The number of hydrogen-bond donors (Lipinski definition) is 1. The Balaban J connectivity index is 1.73. The number of sulfone groups is 1. The molecule has 8 nitrogen and oxygen atoms in total. The SMILES string of the molecule is O=S1(=O)CCC(n2nc(-c3ccco3)cc2NS(=O)(=O)c2ccc(F)cc2)C1. The molecule has 1 aromatic carbocycles. The van der Waals surface area contributed by atoms with Crippen LogP contribution in [0.15, 0.2) is 58.0 Å². The Kier molecular flexibility index (Phi) is 4.50. The minimum absolute atomic E-state index is 0.0117. The number of aromatic nitrogens is 2. The Labute approximate surface area is 161 Å². The molecule has 0 spiro atoms. The first kappa shape index (κ1) is 18.7. The molecule has 1 aliphatic rings. The van der Waals surface area contributed by atoms with Gasteiger partial charge in [-0.3, -0.25) is 4.72 Å². The molecule has 0 amide bonds. The molecule has 1 N–H and O–H groups in total. The van der Waals surface area contributed by atoms with E-state index < -0.39 is 31.7 Å². The van der Waals surface area contributed by atoms with Crippen LogP contribution in [0.1, 0.15) is 12.5 Å². The van der Waals surface area contributed by atoms with Crippen molar-refractivity contribution >= 4 is 25.7 Å². The fourth-order valence-electron chi connectivity index (χ4n) is 3.07. The van der Waals surface area contributed by atoms with Crippen LogP contribution >= 0.6 is 0 Å². The number of furan rings is 1. The van der Waals surface area contributed by atoms with E-state index >= 15 is 0 Å². The van der Waals surface area contributed by atoms with E-state index in [0.29, 0.717) is 17.9 Å². The summed E-state index contributed by atoms with van der Waals surface area (Å²) < 4.78 is 71.3. The van der Waals surface area contributed by atoms with Crippen LogP contribution < -0.4 is 4.72 Å². The zero-order valence-corrected chi connectivity index (χ0v) is 16.1. The van der Waals surface area contributed by atoms with Gasteiger partial charge in [-0.1, -0.05) is 0 Å². The van der Waals surface area contributed by atoms with Crippen LogP contribution in [0.5, 0.6) is 0 Å². The average Bonchev–Trinajstić information content (AvgIpc) is 3.34. The van der Waals surface area contributed by atoms with E-state index in [2.05, 4.69) is 9.82 Å². The number of benzene rings is 1. The largest absolute Gasteiger partial charge is 0.463 e. The molecule has 2 aromatic heterocycles. The maximum Gasteiger partial charge on any atom is 0.263 e. The Morgan fingerprint density at radius 1 is 1.21 bits per heavy atom. The summed E-state index contributed by atoms with van der Waals surface area (Å²) in [5, 5.41) is 4.36. The van der Waals surface area contributed by atoms with Crippen molar-refractivity contribution in [3.63, 3.8) is 0 Å². The Morgan fingerprint density at radius 3 is 2.57 bits per heavy atom. The van der Waals surface area contributed by atoms with Gasteiger partial charge in [-0.2, -0.15) is 5.10 Å². The first-order chi connectivity index (χ1) is 13.2. The summed E-state index contributed by atoms with van der Waals surface area (Å²) in [5.74, 6) is -0.144. The van der Waals surface area contributed by atoms with E-state index in [0.717, 1.165) is 24.3 Å². The van der Waals surface area contributed by atoms with E-state index in [-0.39, 0.29) is 22.2 Å². The van der Waals surface area contributed by atoms with Gasteiger partial charge in [-0.25, -0.2) is 25.9 Å². The van der Waals surface area contributed by atoms with Crippen molar-refractivity contribution in [1.29, 1.82) is 0 Å². The molecule has 0 bridgehead atoms. The molecular formula is C17H16FN3O5S2. The molecule has 148 valence electrons. The molecule has 0 radical (unpaired) electrons. The molecular weight excluding hydrogens is 409 g/mol. The summed E-state index contributed by atoms with van der Waals surface area (Å²) in [6.45, 7) is 0. The molecule has 0 aliphatic carbocycles. The van der Waals surface area contributed by atoms with E-state index in [1.54, 1.807) is 12.1 Å². The third-order valence-electron chi connectivity index (χ3n) is 4.43. The Morgan fingerprint density at radius 2 is 1.96 bits per heavy atom. The first-order valence-corrected chi connectivity index (χ1v) is 11.7. The standard InChI is InChI=1S/C17H16FN3O5S2/c18-12-3-5-14(6-4-12)28(24,25)20-17-10-15(16-2-1-8-26-16)19-21(17)13-7-9-27(22,23)11-13/h1-6,8,10,13,20H,7,9,11H2. The van der Waals surface area contributed by atoms with Crippen LogP contribution in [-0.2, 0) is 19.9 Å². The van der Waals surface area contributed by atoms with E-state index in [4.69, 9.17) is 4.42 Å². The first-order valence-electron chi connectivity index (χ1n) is 8.36. The van der Waals surface area contributed by atoms with Crippen molar-refractivity contribution in [3.05, 3.63) is 54.5 Å². The van der Waals surface area contributed by atoms with Crippen LogP contribution in [0.3, 0.4) is 0 Å². The minimum Gasteiger partial charge on any atom is -0.463 e. The van der Waals surface area contributed by atoms with Gasteiger partial charge in [-0.05, 0) is 42.8 Å². The van der Waals surface area contributed by atoms with Gasteiger partial charge in [-0.15, -0.1) is 0 Å². The number of sulfonamides is 1. The zero-order chi connectivity index (χ0) is 19.9. The second-order valence-corrected chi connectivity index (χ2v) is 10.4. The lowest BCUT2D eigenvalue weighted by Crippen LogP contribution is -2.20. The van der Waals surface area contributed by atoms with Crippen molar-refractivity contribution in [2.24, 2.45) is 0 Å². The van der Waals surface area contributed by atoms with Crippen molar-refractivity contribution < 1.29 is 25.6 Å². The molecule has 1 atom stereocenters. The van der Waals surface area contributed by atoms with Gasteiger partial charge in [0, 0.05) is 6.07 Å². The van der Waals surface area contributed by atoms with Gasteiger partial charge >= 0.3 is 0 Å². The third kappa shape index (κ3) is 3.67. The molecule has 0 saturated carbocycles. The van der Waals surface area contributed by atoms with Crippen LogP contribution in [0.25, 0.3) is 11.5 Å². The van der Waals surface area contributed by atoms with Crippen LogP contribution in [0.4, 0.5) is 10.2 Å². The highest BCUT2D eigenvalue weighted by Crippen LogP contribution is 2.31. The second kappa shape index (κ2) is 6.74. The number of nitrogens with one attached hydrogen (secondary N) is 1. The second-order valence-electron chi connectivity index (χ2n) is 6.45. The van der Waals surface area contributed by atoms with Crippen LogP contribution in [0.2, 0.25) is 0 Å². The lowest BCUT2D eigenvalue weighted by molar-refractivity contribution is 0.504. The van der Waals surface area contributed by atoms with Crippen LogP contribution in [0, 0.1) is 5.82 Å². The normalized spacial score (nSPS) is 19.0. The maximum atomic E-state index is 13.1. The number of anilines is 1. The highest BCUT2D eigenvalue weighted by atomic mass is 32.2. The minimum atomic E-state index is -4.02. The summed E-state index contributed by atoms with van der Waals surface area (Å²) in [5.41, 5.74) is 0.367. The van der Waals surface area contributed by atoms with Crippen molar-refractivity contribution in [2.75, 3.05) is 16.2 Å². The third-order valence-corrected chi connectivity index (χ3v) is 7.55. The number of nitrogens with zero attached hydrogens (tertiary/aromatic N) is 2. The lowest BCUT2D eigenvalue weighted by atomic mass is 10.3. The lowest BCUT2D eigenvalue weighted by Gasteiger charge is -2.14. The molecule has 1 saturated heterocycles. The van der Waals surface area contributed by atoms with Crippen molar-refractivity contribution in [2.45, 2.75) is 17.4 Å². The van der Waals surface area contributed by atoms with Gasteiger partial charge in [0.25, 0.3) is 10.0 Å². The molecule has 28 heavy (non-hydrogen) atoms. The Hall–Kier alpha value is -2.66. The van der Waals surface area contributed by atoms with Gasteiger partial charge in [0.05, 0.1) is 28.7 Å². The van der Waals surface area contributed by atoms with Gasteiger partial charge in [0.15, 0.2) is 15.6 Å². The average molecular weight is 425 g/mol. The summed E-state index contributed by atoms with van der Waals surface area (Å²) >= 11 is 0. The fraction of sp³-hybridized carbons (Fsp3) is 0.235. The molecule has 3 aromatic rings. The number of hydrogen-bond acceptors (Lipinski definition) is 6. The summed E-state index contributed by atoms with van der Waals surface area (Å²) in [6, 6.07) is 8.68. The predicted octanol–water partition coefficient (Wildman–Crippen LogP) is 2.44. The van der Waals surface area contributed by atoms with Crippen molar-refractivity contribution in [1.82, 2.24) is 9.78 Å².